The molecule has 8 heteroatoms. The number of nitrogens with zero attached hydrogens (tertiary/aromatic N) is 2. The van der Waals surface area contributed by atoms with E-state index in [4.69, 9.17) is 0 Å². The van der Waals surface area contributed by atoms with Crippen LogP contribution in [0.15, 0.2) is 34.2 Å². The van der Waals surface area contributed by atoms with Crippen molar-refractivity contribution in [1.82, 2.24) is 10.2 Å². The molecule has 1 saturated heterocycles. The van der Waals surface area contributed by atoms with Crippen LogP contribution in [0.2, 0.25) is 0 Å². The van der Waals surface area contributed by atoms with Crippen molar-refractivity contribution >= 4 is 28.9 Å². The van der Waals surface area contributed by atoms with Crippen LogP contribution in [0.5, 0.6) is 0 Å². The molecule has 0 radical (unpaired) electrons. The molecule has 0 atom stereocenters. The highest BCUT2D eigenvalue weighted by Gasteiger charge is 2.30. The Morgan fingerprint density at radius 3 is 2.43 bits per heavy atom. The van der Waals surface area contributed by atoms with Gasteiger partial charge in [0.1, 0.15) is 0 Å². The van der Waals surface area contributed by atoms with Crippen molar-refractivity contribution in [3.63, 3.8) is 0 Å². The van der Waals surface area contributed by atoms with E-state index >= 15 is 0 Å². The van der Waals surface area contributed by atoms with Crippen LogP contribution in [0.4, 0.5) is 13.2 Å². The minimum atomic E-state index is -4.36. The Hall–Kier alpha value is -1.80. The fraction of sp³-hybridized carbons (Fsp3) is 0.333. The molecule has 1 fully saturated rings. The fourth-order valence-electron chi connectivity index (χ4n) is 2.31. The molecule has 0 bridgehead atoms. The number of piperazine rings is 1. The molecule has 0 aliphatic carbocycles. The monoisotopic (exact) mass is 341 g/mol. The molecule has 23 heavy (non-hydrogen) atoms. The molecule has 122 valence electrons. The summed E-state index contributed by atoms with van der Waals surface area (Å²) in [6.07, 6.45) is -2.78. The van der Waals surface area contributed by atoms with Gasteiger partial charge in [-0.15, -0.1) is 0 Å². The molecular formula is C15H14F3N3OS. The summed E-state index contributed by atoms with van der Waals surface area (Å²) in [6, 6.07) is 4.72. The third-order valence-electron chi connectivity index (χ3n) is 3.53. The van der Waals surface area contributed by atoms with Crippen LogP contribution in [-0.2, 0) is 11.0 Å². The Morgan fingerprint density at radius 1 is 1.17 bits per heavy atom. The highest BCUT2D eigenvalue weighted by atomic mass is 32.2. The molecule has 0 saturated carbocycles. The minimum Gasteiger partial charge on any atom is -0.348 e. The maximum Gasteiger partial charge on any atom is 0.416 e. The smallest absolute Gasteiger partial charge is 0.348 e. The van der Waals surface area contributed by atoms with Gasteiger partial charge in [-0.3, -0.25) is 4.79 Å². The number of carbonyl (C=O) groups excluding carboxylic acids is 1. The van der Waals surface area contributed by atoms with Crippen molar-refractivity contribution in [2.24, 2.45) is 4.99 Å². The zero-order valence-electron chi connectivity index (χ0n) is 12.1. The van der Waals surface area contributed by atoms with Crippen LogP contribution in [0.1, 0.15) is 11.1 Å². The van der Waals surface area contributed by atoms with E-state index in [1.807, 2.05) is 4.90 Å². The van der Waals surface area contributed by atoms with Gasteiger partial charge in [0.15, 0.2) is 5.17 Å². The summed E-state index contributed by atoms with van der Waals surface area (Å²) in [7, 11) is 0. The maximum absolute atomic E-state index is 12.5. The number of hydrogen-bond acceptors (Lipinski definition) is 4. The van der Waals surface area contributed by atoms with Crippen molar-refractivity contribution in [3.05, 3.63) is 40.3 Å². The first-order chi connectivity index (χ1) is 10.9. The average Bonchev–Trinajstić information content (AvgIpc) is 2.89. The first-order valence-corrected chi connectivity index (χ1v) is 7.90. The molecule has 0 spiro atoms. The lowest BCUT2D eigenvalue weighted by atomic mass is 10.1. The predicted molar refractivity (Wildman–Crippen MR) is 83.9 cm³/mol. The van der Waals surface area contributed by atoms with E-state index in [0.717, 1.165) is 38.3 Å². The lowest BCUT2D eigenvalue weighted by molar-refractivity contribution is -0.137. The van der Waals surface area contributed by atoms with Crippen LogP contribution in [0, 0.1) is 0 Å². The van der Waals surface area contributed by atoms with E-state index in [2.05, 4.69) is 10.3 Å². The summed E-state index contributed by atoms with van der Waals surface area (Å²) in [5.74, 6) is -0.344. The number of amidine groups is 1. The molecule has 1 aromatic carbocycles. The Labute approximate surface area is 135 Å². The van der Waals surface area contributed by atoms with Crippen molar-refractivity contribution in [2.45, 2.75) is 6.18 Å². The molecular weight excluding hydrogens is 327 g/mol. The maximum atomic E-state index is 12.5. The number of alkyl halides is 3. The van der Waals surface area contributed by atoms with Crippen molar-refractivity contribution in [1.29, 1.82) is 0 Å². The van der Waals surface area contributed by atoms with Crippen LogP contribution in [0.25, 0.3) is 6.08 Å². The van der Waals surface area contributed by atoms with Crippen LogP contribution < -0.4 is 5.32 Å². The van der Waals surface area contributed by atoms with Gasteiger partial charge in [-0.2, -0.15) is 18.2 Å². The molecule has 3 rings (SSSR count). The Morgan fingerprint density at radius 2 is 1.83 bits per heavy atom. The molecule has 4 nitrogen and oxygen atoms in total. The fourth-order valence-corrected chi connectivity index (χ4v) is 3.27. The number of aliphatic imine (C=N–C) groups is 1. The van der Waals surface area contributed by atoms with E-state index in [1.165, 1.54) is 23.9 Å². The molecule has 0 aromatic heterocycles. The normalized spacial score (nSPS) is 21.0. The zero-order valence-corrected chi connectivity index (χ0v) is 12.9. The number of benzene rings is 1. The zero-order chi connectivity index (χ0) is 16.4. The topological polar surface area (TPSA) is 44.7 Å². The van der Waals surface area contributed by atoms with Gasteiger partial charge >= 0.3 is 6.18 Å². The van der Waals surface area contributed by atoms with Crippen LogP contribution in [-0.4, -0.2) is 42.2 Å². The summed E-state index contributed by atoms with van der Waals surface area (Å²) >= 11 is 1.27. The van der Waals surface area contributed by atoms with Gasteiger partial charge in [0.05, 0.1) is 10.5 Å². The highest BCUT2D eigenvalue weighted by Crippen LogP contribution is 2.32. The molecule has 1 aromatic rings. The van der Waals surface area contributed by atoms with Crippen molar-refractivity contribution in [3.8, 4) is 0 Å². The van der Waals surface area contributed by atoms with E-state index in [-0.39, 0.29) is 5.91 Å². The summed E-state index contributed by atoms with van der Waals surface area (Å²) in [6.45, 7) is 3.25. The van der Waals surface area contributed by atoms with Gasteiger partial charge in [-0.1, -0.05) is 12.1 Å². The summed E-state index contributed by atoms with van der Waals surface area (Å²) in [5.41, 5.74) is -0.159. The van der Waals surface area contributed by atoms with Crippen molar-refractivity contribution in [2.75, 3.05) is 26.2 Å². The average molecular weight is 341 g/mol. The second-order valence-corrected chi connectivity index (χ2v) is 6.18. The quantitative estimate of drug-likeness (QED) is 0.798. The SMILES string of the molecule is O=C1N=C(N2CCNCC2)SC1=Cc1ccc(C(F)(F)F)cc1. The summed E-state index contributed by atoms with van der Waals surface area (Å²) in [5, 5.41) is 3.88. The van der Waals surface area contributed by atoms with E-state index in [1.54, 1.807) is 6.08 Å². The van der Waals surface area contributed by atoms with E-state index in [9.17, 15) is 18.0 Å². The lowest BCUT2D eigenvalue weighted by Crippen LogP contribution is -2.45. The Kier molecular flexibility index (Phi) is 4.45. The number of rotatable bonds is 1. The number of carbonyl (C=O) groups is 1. The van der Waals surface area contributed by atoms with Gasteiger partial charge in [0.2, 0.25) is 0 Å². The third-order valence-corrected chi connectivity index (χ3v) is 4.58. The Bertz CT molecular complexity index is 662. The lowest BCUT2D eigenvalue weighted by Gasteiger charge is -2.27. The molecule has 1 N–H and O–H groups in total. The van der Waals surface area contributed by atoms with Gasteiger partial charge < -0.3 is 10.2 Å². The summed E-state index contributed by atoms with van der Waals surface area (Å²) < 4.78 is 37.6. The number of thioether (sulfide) groups is 1. The summed E-state index contributed by atoms with van der Waals surface area (Å²) in [4.78, 5) is 18.5. The van der Waals surface area contributed by atoms with Gasteiger partial charge in [-0.25, -0.2) is 0 Å². The predicted octanol–water partition coefficient (Wildman–Crippen LogP) is 2.58. The van der Waals surface area contributed by atoms with E-state index < -0.39 is 11.7 Å². The number of amides is 1. The second kappa shape index (κ2) is 6.37. The van der Waals surface area contributed by atoms with Gasteiger partial charge in [-0.05, 0) is 35.5 Å². The van der Waals surface area contributed by atoms with Crippen molar-refractivity contribution < 1.29 is 18.0 Å². The van der Waals surface area contributed by atoms with Crippen LogP contribution >= 0.6 is 11.8 Å². The van der Waals surface area contributed by atoms with Gasteiger partial charge in [0, 0.05) is 26.2 Å². The second-order valence-electron chi connectivity index (χ2n) is 5.17. The standard InChI is InChI=1S/C15H14F3N3OS/c16-15(17,18)11-3-1-10(2-4-11)9-12-13(22)20-14(23-12)21-7-5-19-6-8-21/h1-4,9,19H,5-8H2. The first-order valence-electron chi connectivity index (χ1n) is 7.09. The third kappa shape index (κ3) is 3.76. The van der Waals surface area contributed by atoms with Gasteiger partial charge in [0.25, 0.3) is 5.91 Å². The van der Waals surface area contributed by atoms with E-state index in [0.29, 0.717) is 15.6 Å². The number of hydrogen-bond donors (Lipinski definition) is 1. The molecule has 1 amide bonds. The molecule has 2 heterocycles. The molecule has 0 unspecified atom stereocenters. The minimum absolute atomic E-state index is 0.344. The highest BCUT2D eigenvalue weighted by molar-refractivity contribution is 8.18. The Balaban J connectivity index is 1.72. The first kappa shape index (κ1) is 16.1. The van der Waals surface area contributed by atoms with Crippen LogP contribution in [0.3, 0.4) is 0 Å². The largest absolute Gasteiger partial charge is 0.416 e. The molecule has 2 aliphatic heterocycles. The molecule has 2 aliphatic rings. The number of nitrogens with one attached hydrogen (secondary N) is 1. The number of halogens is 3.